The van der Waals surface area contributed by atoms with E-state index in [0.717, 1.165) is 32.4 Å². The topological polar surface area (TPSA) is 87.3 Å². The van der Waals surface area contributed by atoms with Gasteiger partial charge in [0.25, 0.3) is 10.0 Å². The van der Waals surface area contributed by atoms with Crippen LogP contribution in [0.4, 0.5) is 11.4 Å². The summed E-state index contributed by atoms with van der Waals surface area (Å²) in [6.45, 7) is 2.05. The minimum Gasteiger partial charge on any atom is -0.326 e. The van der Waals surface area contributed by atoms with Crippen LogP contribution < -0.4 is 15.4 Å². The number of hydrogen-bond donors (Lipinski definition) is 3. The SMILES string of the molecule is Cl.O=C(CCC1CCNCC1)Nc1cccc(NS(=O)(=O)c2ccccc2)c1. The van der Waals surface area contributed by atoms with E-state index < -0.39 is 10.0 Å². The number of carbonyl (C=O) groups excluding carboxylic acids is 1. The lowest BCUT2D eigenvalue weighted by Crippen LogP contribution is -2.28. The van der Waals surface area contributed by atoms with Gasteiger partial charge < -0.3 is 10.6 Å². The number of nitrogens with one attached hydrogen (secondary N) is 3. The molecular weight excluding hydrogens is 398 g/mol. The molecule has 0 unspecified atom stereocenters. The monoisotopic (exact) mass is 423 g/mol. The van der Waals surface area contributed by atoms with Gasteiger partial charge in [-0.05, 0) is 68.6 Å². The van der Waals surface area contributed by atoms with Crippen LogP contribution >= 0.6 is 12.4 Å². The third-order valence-corrected chi connectivity index (χ3v) is 6.09. The van der Waals surface area contributed by atoms with Crippen molar-refractivity contribution in [3.63, 3.8) is 0 Å². The fraction of sp³-hybridized carbons (Fsp3) is 0.350. The first kappa shape index (κ1) is 22.2. The highest BCUT2D eigenvalue weighted by atomic mass is 35.5. The van der Waals surface area contributed by atoms with Crippen LogP contribution in [0.25, 0.3) is 0 Å². The molecule has 152 valence electrons. The number of halogens is 1. The zero-order valence-corrected chi connectivity index (χ0v) is 17.2. The van der Waals surface area contributed by atoms with E-state index in [1.165, 1.54) is 12.1 Å². The Balaban J connectivity index is 0.00000280. The van der Waals surface area contributed by atoms with Crippen LogP contribution in [-0.4, -0.2) is 27.4 Å². The Morgan fingerprint density at radius 2 is 1.68 bits per heavy atom. The number of amides is 1. The smallest absolute Gasteiger partial charge is 0.261 e. The fourth-order valence-corrected chi connectivity index (χ4v) is 4.27. The van der Waals surface area contributed by atoms with Gasteiger partial charge in [-0.25, -0.2) is 8.42 Å². The molecule has 6 nitrogen and oxygen atoms in total. The van der Waals surface area contributed by atoms with Crippen LogP contribution in [0.1, 0.15) is 25.7 Å². The molecule has 8 heteroatoms. The molecule has 0 spiro atoms. The predicted molar refractivity (Wildman–Crippen MR) is 114 cm³/mol. The van der Waals surface area contributed by atoms with Crippen molar-refractivity contribution < 1.29 is 13.2 Å². The maximum atomic E-state index is 12.4. The summed E-state index contributed by atoms with van der Waals surface area (Å²) in [4.78, 5) is 12.4. The maximum Gasteiger partial charge on any atom is 0.261 e. The average molecular weight is 424 g/mol. The Bertz CT molecular complexity index is 869. The minimum atomic E-state index is -3.65. The van der Waals surface area contributed by atoms with Gasteiger partial charge in [0, 0.05) is 12.1 Å². The Morgan fingerprint density at radius 3 is 2.39 bits per heavy atom. The van der Waals surface area contributed by atoms with Gasteiger partial charge in [-0.2, -0.15) is 0 Å². The second-order valence-corrected chi connectivity index (χ2v) is 8.46. The lowest BCUT2D eigenvalue weighted by Gasteiger charge is -2.22. The summed E-state index contributed by atoms with van der Waals surface area (Å²) < 4.78 is 27.4. The van der Waals surface area contributed by atoms with Crippen molar-refractivity contribution >= 4 is 39.7 Å². The van der Waals surface area contributed by atoms with Crippen molar-refractivity contribution in [1.82, 2.24) is 5.32 Å². The first-order valence-electron chi connectivity index (χ1n) is 9.21. The molecule has 3 rings (SSSR count). The highest BCUT2D eigenvalue weighted by Gasteiger charge is 2.16. The average Bonchev–Trinajstić information content (AvgIpc) is 2.68. The van der Waals surface area contributed by atoms with E-state index in [9.17, 15) is 13.2 Å². The number of rotatable bonds is 7. The van der Waals surface area contributed by atoms with E-state index >= 15 is 0 Å². The normalized spacial score (nSPS) is 14.7. The number of anilines is 2. The first-order valence-corrected chi connectivity index (χ1v) is 10.7. The van der Waals surface area contributed by atoms with E-state index in [2.05, 4.69) is 15.4 Å². The molecule has 0 aliphatic carbocycles. The molecule has 1 aliphatic heterocycles. The van der Waals surface area contributed by atoms with Crippen LogP contribution in [0, 0.1) is 5.92 Å². The molecule has 1 saturated heterocycles. The molecule has 0 atom stereocenters. The van der Waals surface area contributed by atoms with Gasteiger partial charge in [-0.15, -0.1) is 12.4 Å². The predicted octanol–water partition coefficient (Wildman–Crippen LogP) is 3.63. The molecule has 1 heterocycles. The third-order valence-electron chi connectivity index (χ3n) is 4.69. The molecule has 0 radical (unpaired) electrons. The molecule has 3 N–H and O–H groups in total. The van der Waals surface area contributed by atoms with E-state index in [4.69, 9.17) is 0 Å². The van der Waals surface area contributed by atoms with E-state index in [1.54, 1.807) is 42.5 Å². The number of carbonyl (C=O) groups is 1. The van der Waals surface area contributed by atoms with Gasteiger partial charge in [0.05, 0.1) is 10.6 Å². The van der Waals surface area contributed by atoms with Gasteiger partial charge in [0.2, 0.25) is 5.91 Å². The minimum absolute atomic E-state index is 0. The molecule has 1 aliphatic rings. The van der Waals surface area contributed by atoms with Crippen LogP contribution in [0.15, 0.2) is 59.5 Å². The summed E-state index contributed by atoms with van der Waals surface area (Å²) in [7, 11) is -3.65. The number of piperidine rings is 1. The fourth-order valence-electron chi connectivity index (χ4n) is 3.20. The second kappa shape index (κ2) is 10.5. The highest BCUT2D eigenvalue weighted by Crippen LogP contribution is 2.21. The van der Waals surface area contributed by atoms with Gasteiger partial charge >= 0.3 is 0 Å². The first-order chi connectivity index (χ1) is 13.0. The van der Waals surface area contributed by atoms with Crippen LogP contribution in [0.5, 0.6) is 0 Å². The van der Waals surface area contributed by atoms with Crippen LogP contribution in [0.2, 0.25) is 0 Å². The Hall–Kier alpha value is -2.09. The quantitative estimate of drug-likeness (QED) is 0.634. The van der Waals surface area contributed by atoms with E-state index in [0.29, 0.717) is 23.7 Å². The van der Waals surface area contributed by atoms with Crippen LogP contribution in [-0.2, 0) is 14.8 Å². The molecule has 2 aromatic carbocycles. The Labute approximate surface area is 172 Å². The molecule has 0 aromatic heterocycles. The van der Waals surface area contributed by atoms with Gasteiger partial charge in [-0.1, -0.05) is 24.3 Å². The van der Waals surface area contributed by atoms with Crippen molar-refractivity contribution in [2.75, 3.05) is 23.1 Å². The van der Waals surface area contributed by atoms with Crippen molar-refractivity contribution in [3.8, 4) is 0 Å². The van der Waals surface area contributed by atoms with Gasteiger partial charge in [0.1, 0.15) is 0 Å². The lowest BCUT2D eigenvalue weighted by molar-refractivity contribution is -0.116. The summed E-state index contributed by atoms with van der Waals surface area (Å²) >= 11 is 0. The standard InChI is InChI=1S/C20H25N3O3S.ClH/c24-20(10-9-16-11-13-21-14-12-16)22-17-5-4-6-18(15-17)23-27(25,26)19-7-2-1-3-8-19;/h1-8,15-16,21,23H,9-14H2,(H,22,24);1H. The zero-order chi connectivity index (χ0) is 19.1. The van der Waals surface area contributed by atoms with E-state index in [-0.39, 0.29) is 23.2 Å². The third kappa shape index (κ3) is 6.51. The zero-order valence-electron chi connectivity index (χ0n) is 15.6. The van der Waals surface area contributed by atoms with Crippen LogP contribution in [0.3, 0.4) is 0 Å². The molecule has 28 heavy (non-hydrogen) atoms. The molecule has 0 saturated carbocycles. The molecule has 2 aromatic rings. The van der Waals surface area contributed by atoms with Crippen molar-refractivity contribution in [2.24, 2.45) is 5.92 Å². The van der Waals surface area contributed by atoms with E-state index in [1.807, 2.05) is 0 Å². The number of benzene rings is 2. The summed E-state index contributed by atoms with van der Waals surface area (Å²) in [6, 6.07) is 14.9. The number of hydrogen-bond acceptors (Lipinski definition) is 4. The lowest BCUT2D eigenvalue weighted by atomic mass is 9.93. The summed E-state index contributed by atoms with van der Waals surface area (Å²) in [6.07, 6.45) is 3.59. The van der Waals surface area contributed by atoms with Gasteiger partial charge in [0.15, 0.2) is 0 Å². The Kier molecular flexibility index (Phi) is 8.29. The summed E-state index contributed by atoms with van der Waals surface area (Å²) in [5.74, 6) is 0.553. The molecule has 0 bridgehead atoms. The maximum absolute atomic E-state index is 12.4. The Morgan fingerprint density at radius 1 is 1.00 bits per heavy atom. The molecule has 1 fully saturated rings. The van der Waals surface area contributed by atoms with Crippen molar-refractivity contribution in [2.45, 2.75) is 30.6 Å². The summed E-state index contributed by atoms with van der Waals surface area (Å²) in [5, 5.41) is 6.18. The molecular formula is C20H26ClN3O3S. The highest BCUT2D eigenvalue weighted by molar-refractivity contribution is 7.92. The summed E-state index contributed by atoms with van der Waals surface area (Å²) in [5.41, 5.74) is 0.994. The molecule has 1 amide bonds. The van der Waals surface area contributed by atoms with Gasteiger partial charge in [-0.3, -0.25) is 9.52 Å². The van der Waals surface area contributed by atoms with Crippen molar-refractivity contribution in [1.29, 1.82) is 0 Å². The largest absolute Gasteiger partial charge is 0.326 e. The van der Waals surface area contributed by atoms with Crippen molar-refractivity contribution in [3.05, 3.63) is 54.6 Å². The number of sulfonamides is 1. The second-order valence-electron chi connectivity index (χ2n) is 6.78.